The van der Waals surface area contributed by atoms with Crippen molar-refractivity contribution in [2.24, 2.45) is 0 Å². The molecule has 1 atom stereocenters. The number of benzene rings is 3. The van der Waals surface area contributed by atoms with E-state index in [1.165, 1.54) is 5.01 Å². The normalized spacial score (nSPS) is 15.0. The van der Waals surface area contributed by atoms with E-state index in [0.717, 1.165) is 7.14 Å². The third-order valence-electron chi connectivity index (χ3n) is 5.13. The highest BCUT2D eigenvalue weighted by molar-refractivity contribution is 14.1. The zero-order valence-corrected chi connectivity index (χ0v) is 21.1. The van der Waals surface area contributed by atoms with Gasteiger partial charge in [0.05, 0.1) is 11.1 Å². The summed E-state index contributed by atoms with van der Waals surface area (Å²) in [5.41, 5.74) is 5.45. The van der Waals surface area contributed by atoms with E-state index < -0.39 is 12.1 Å². The van der Waals surface area contributed by atoms with Gasteiger partial charge in [-0.1, -0.05) is 36.4 Å². The minimum absolute atomic E-state index is 0.0557. The van der Waals surface area contributed by atoms with E-state index in [1.54, 1.807) is 36.4 Å². The molecule has 4 rings (SSSR count). The van der Waals surface area contributed by atoms with Gasteiger partial charge in [0.1, 0.15) is 5.75 Å². The Bertz CT molecular complexity index is 1230. The maximum absolute atomic E-state index is 13.5. The molecule has 3 aromatic rings. The number of carbonyl (C=O) groups is 2. The molecule has 0 saturated carbocycles. The molecule has 2 amide bonds. The zero-order valence-electron chi connectivity index (χ0n) is 16.8. The van der Waals surface area contributed by atoms with Crippen molar-refractivity contribution in [3.63, 3.8) is 0 Å². The van der Waals surface area contributed by atoms with Crippen LogP contribution in [-0.4, -0.2) is 21.9 Å². The molecule has 0 fully saturated rings. The number of hydrazine groups is 1. The minimum atomic E-state index is -0.801. The van der Waals surface area contributed by atoms with Crippen LogP contribution in [0.2, 0.25) is 0 Å². The van der Waals surface area contributed by atoms with Gasteiger partial charge in [-0.2, -0.15) is 0 Å². The van der Waals surface area contributed by atoms with Crippen molar-refractivity contribution in [3.8, 4) is 5.75 Å². The molecular formula is C24H19I2N3O3. The quantitative estimate of drug-likeness (QED) is 0.261. The number of nitrogens with one attached hydrogen (secondary N) is 2. The van der Waals surface area contributed by atoms with Crippen LogP contribution in [0.4, 0.5) is 5.69 Å². The first kappa shape index (κ1) is 22.6. The lowest BCUT2D eigenvalue weighted by atomic mass is 10.0. The number of hydrogen-bond acceptors (Lipinski definition) is 4. The second kappa shape index (κ2) is 9.49. The molecule has 0 unspecified atom stereocenters. The van der Waals surface area contributed by atoms with Gasteiger partial charge < -0.3 is 10.4 Å². The first-order valence-electron chi connectivity index (χ1n) is 9.77. The van der Waals surface area contributed by atoms with E-state index in [-0.39, 0.29) is 11.7 Å². The van der Waals surface area contributed by atoms with Crippen molar-refractivity contribution in [3.05, 3.63) is 103 Å². The number of carbonyl (C=O) groups excluding carboxylic acids is 2. The molecular weight excluding hydrogens is 632 g/mol. The highest BCUT2D eigenvalue weighted by Crippen LogP contribution is 2.37. The SMILES string of the molecule is C=CCc1cccc([C@@H]2Nc3ccc(I)cc3C(=O)N2NC(=O)c2ccccc2I)c1O. The zero-order chi connectivity index (χ0) is 22.8. The smallest absolute Gasteiger partial charge is 0.276 e. The van der Waals surface area contributed by atoms with Crippen LogP contribution in [0.25, 0.3) is 0 Å². The molecule has 0 spiro atoms. The summed E-state index contributed by atoms with van der Waals surface area (Å²) in [6.07, 6.45) is 1.38. The van der Waals surface area contributed by atoms with Gasteiger partial charge in [0.25, 0.3) is 11.8 Å². The van der Waals surface area contributed by atoms with Gasteiger partial charge in [0, 0.05) is 18.4 Å². The number of rotatable bonds is 5. The number of phenolic OH excluding ortho intramolecular Hbond substituents is 1. The number of phenols is 1. The fraction of sp³-hybridized carbons (Fsp3) is 0.0833. The van der Waals surface area contributed by atoms with Crippen molar-refractivity contribution in [1.82, 2.24) is 10.4 Å². The Kier molecular flexibility index (Phi) is 6.70. The first-order chi connectivity index (χ1) is 15.4. The Labute approximate surface area is 213 Å². The third-order valence-corrected chi connectivity index (χ3v) is 6.74. The molecule has 32 heavy (non-hydrogen) atoms. The monoisotopic (exact) mass is 651 g/mol. The van der Waals surface area contributed by atoms with Crippen LogP contribution < -0.4 is 10.7 Å². The largest absolute Gasteiger partial charge is 0.507 e. The second-order valence-corrected chi connectivity index (χ2v) is 9.59. The van der Waals surface area contributed by atoms with E-state index in [0.29, 0.717) is 34.4 Å². The lowest BCUT2D eigenvalue weighted by Gasteiger charge is -2.38. The van der Waals surface area contributed by atoms with Crippen LogP contribution in [0, 0.1) is 7.14 Å². The molecule has 0 aromatic heterocycles. The lowest BCUT2D eigenvalue weighted by molar-refractivity contribution is 0.0488. The Hall–Kier alpha value is -2.60. The summed E-state index contributed by atoms with van der Waals surface area (Å²) in [5.74, 6) is -0.721. The van der Waals surface area contributed by atoms with E-state index in [9.17, 15) is 14.7 Å². The molecule has 3 aromatic carbocycles. The van der Waals surface area contributed by atoms with Gasteiger partial charge in [0.15, 0.2) is 6.17 Å². The Morgan fingerprint density at radius 3 is 2.69 bits per heavy atom. The number of para-hydroxylation sites is 1. The van der Waals surface area contributed by atoms with Crippen molar-refractivity contribution in [2.75, 3.05) is 5.32 Å². The van der Waals surface area contributed by atoms with Crippen molar-refractivity contribution < 1.29 is 14.7 Å². The fourth-order valence-electron chi connectivity index (χ4n) is 3.58. The van der Waals surface area contributed by atoms with Gasteiger partial charge >= 0.3 is 0 Å². The first-order valence-corrected chi connectivity index (χ1v) is 11.9. The molecule has 1 aliphatic rings. The molecule has 0 radical (unpaired) electrons. The van der Waals surface area contributed by atoms with E-state index >= 15 is 0 Å². The predicted octanol–water partition coefficient (Wildman–Crippen LogP) is 5.24. The number of hydrogen-bond donors (Lipinski definition) is 3. The molecule has 8 heteroatoms. The van der Waals surface area contributed by atoms with Crippen LogP contribution in [0.1, 0.15) is 38.0 Å². The number of fused-ring (bicyclic) bond motifs is 1. The molecule has 6 nitrogen and oxygen atoms in total. The molecule has 0 saturated heterocycles. The number of anilines is 1. The molecule has 162 valence electrons. The van der Waals surface area contributed by atoms with Crippen molar-refractivity contribution in [1.29, 1.82) is 0 Å². The van der Waals surface area contributed by atoms with Crippen molar-refractivity contribution in [2.45, 2.75) is 12.6 Å². The second-order valence-electron chi connectivity index (χ2n) is 7.18. The van der Waals surface area contributed by atoms with Gasteiger partial charge in [-0.3, -0.25) is 15.0 Å². The molecule has 0 aliphatic carbocycles. The number of aromatic hydroxyl groups is 1. The average Bonchev–Trinajstić information content (AvgIpc) is 2.78. The maximum Gasteiger partial charge on any atom is 0.276 e. The van der Waals surface area contributed by atoms with Crippen LogP contribution in [0.5, 0.6) is 5.75 Å². The summed E-state index contributed by atoms with van der Waals surface area (Å²) >= 11 is 4.23. The standard InChI is InChI=1S/C24H19I2N3O3/c1-2-6-14-7-5-9-17(21(14)30)22-27-20-12-11-15(25)13-18(20)24(32)29(22)28-23(31)16-8-3-4-10-19(16)26/h2-5,7-13,22,27,30H,1,6H2,(H,28,31)/t22-/m1/s1. The highest BCUT2D eigenvalue weighted by atomic mass is 127. The summed E-state index contributed by atoms with van der Waals surface area (Å²) in [5, 5.41) is 15.5. The number of allylic oxidation sites excluding steroid dienone is 1. The van der Waals surface area contributed by atoms with Gasteiger partial charge in [-0.05, 0) is 87.5 Å². The predicted molar refractivity (Wildman–Crippen MR) is 140 cm³/mol. The van der Waals surface area contributed by atoms with Gasteiger partial charge in [0.2, 0.25) is 0 Å². The molecule has 0 bridgehead atoms. The fourth-order valence-corrected chi connectivity index (χ4v) is 4.70. The minimum Gasteiger partial charge on any atom is -0.507 e. The topological polar surface area (TPSA) is 81.7 Å². The number of amides is 2. The van der Waals surface area contributed by atoms with Crippen LogP contribution in [0.3, 0.4) is 0 Å². The average molecular weight is 651 g/mol. The Morgan fingerprint density at radius 1 is 1.16 bits per heavy atom. The number of nitrogens with zero attached hydrogens (tertiary/aromatic N) is 1. The lowest BCUT2D eigenvalue weighted by Crippen LogP contribution is -2.53. The molecule has 1 heterocycles. The third kappa shape index (κ3) is 4.33. The number of halogens is 2. The molecule has 1 aliphatic heterocycles. The summed E-state index contributed by atoms with van der Waals surface area (Å²) < 4.78 is 1.66. The van der Waals surface area contributed by atoms with Crippen LogP contribution in [-0.2, 0) is 6.42 Å². The maximum atomic E-state index is 13.5. The van der Waals surface area contributed by atoms with Gasteiger partial charge in [-0.15, -0.1) is 6.58 Å². The van der Waals surface area contributed by atoms with Gasteiger partial charge in [-0.25, -0.2) is 5.01 Å². The Balaban J connectivity index is 1.79. The summed E-state index contributed by atoms with van der Waals surface area (Å²) in [6.45, 7) is 3.74. The van der Waals surface area contributed by atoms with Crippen LogP contribution >= 0.6 is 45.2 Å². The van der Waals surface area contributed by atoms with E-state index in [1.807, 2.05) is 30.3 Å². The van der Waals surface area contributed by atoms with Crippen LogP contribution in [0.15, 0.2) is 73.3 Å². The van der Waals surface area contributed by atoms with Crippen molar-refractivity contribution >= 4 is 62.7 Å². The Morgan fingerprint density at radius 2 is 1.94 bits per heavy atom. The van der Waals surface area contributed by atoms with E-state index in [2.05, 4.69) is 62.5 Å². The summed E-state index contributed by atoms with van der Waals surface area (Å²) in [4.78, 5) is 26.6. The highest BCUT2D eigenvalue weighted by Gasteiger charge is 2.36. The molecule has 3 N–H and O–H groups in total. The summed E-state index contributed by atoms with van der Waals surface area (Å²) in [6, 6.07) is 18.0. The summed E-state index contributed by atoms with van der Waals surface area (Å²) in [7, 11) is 0. The van der Waals surface area contributed by atoms with E-state index in [4.69, 9.17) is 0 Å².